The summed E-state index contributed by atoms with van der Waals surface area (Å²) in [6.07, 6.45) is 5.28. The monoisotopic (exact) mass is 867 g/mol. The van der Waals surface area contributed by atoms with Crippen molar-refractivity contribution in [3.8, 4) is 67.4 Å². The first-order valence-corrected chi connectivity index (χ1v) is 21.8. The molecule has 9 aromatic carbocycles. The molecule has 0 N–H and O–H groups in total. The maximum atomic E-state index is 9.06. The van der Waals surface area contributed by atoms with Gasteiger partial charge in [0.2, 0.25) is 0 Å². The maximum absolute atomic E-state index is 9.06. The van der Waals surface area contributed by atoms with E-state index < -0.39 is 60.4 Å². The number of hydrogen-bond donors (Lipinski definition) is 0. The van der Waals surface area contributed by atoms with Gasteiger partial charge in [-0.3, -0.25) is 9.13 Å². The van der Waals surface area contributed by atoms with Crippen LogP contribution < -0.4 is 24.4 Å². The Kier molecular flexibility index (Phi) is 7.02. The SMILES string of the molecule is [2H]c1c([2H])c([2H])c(-c2cccc(-c3c([2H])c([2H])c([2H])c([2H])c3[2H])c2-[n+]2[c-]n(-c3cccc(Oc4cccc(N5B6c7ccccc7-c7ccccc7-c7ccccc7N6c6cccnc65)c4)c3)c3ccccc32)c([2H])c1[2H]. The molecule has 13 rings (SSSR count). The molecule has 2 aliphatic rings. The molecule has 7 heteroatoms. The zero-order valence-corrected chi connectivity index (χ0v) is 35.5. The van der Waals surface area contributed by atoms with Crippen molar-refractivity contribution in [2.24, 2.45) is 0 Å². The lowest BCUT2D eigenvalue weighted by Gasteiger charge is -2.34. The number of benzene rings is 9. The van der Waals surface area contributed by atoms with Crippen LogP contribution in [0.15, 0.2) is 243 Å². The molecule has 0 amide bonds. The van der Waals surface area contributed by atoms with Gasteiger partial charge in [0.1, 0.15) is 17.3 Å². The fourth-order valence-corrected chi connectivity index (χ4v) is 9.65. The summed E-state index contributed by atoms with van der Waals surface area (Å²) >= 11 is 0. The summed E-state index contributed by atoms with van der Waals surface area (Å²) in [5, 5.41) is 0. The summed E-state index contributed by atoms with van der Waals surface area (Å²) in [6, 6.07) is 52.0. The van der Waals surface area contributed by atoms with Crippen molar-refractivity contribution >= 4 is 46.4 Å². The average Bonchev–Trinajstić information content (AvgIpc) is 4.22. The Morgan fingerprint density at radius 2 is 1.06 bits per heavy atom. The van der Waals surface area contributed by atoms with Crippen molar-refractivity contribution in [2.45, 2.75) is 0 Å². The van der Waals surface area contributed by atoms with E-state index in [1.165, 1.54) is 0 Å². The van der Waals surface area contributed by atoms with Crippen LogP contribution in [0.4, 0.5) is 22.9 Å². The van der Waals surface area contributed by atoms with Gasteiger partial charge >= 0.3 is 6.98 Å². The summed E-state index contributed by atoms with van der Waals surface area (Å²) in [5.41, 5.74) is 10.5. The van der Waals surface area contributed by atoms with E-state index in [4.69, 9.17) is 23.4 Å². The zero-order valence-electron chi connectivity index (χ0n) is 45.5. The molecule has 0 saturated heterocycles. The Morgan fingerprint density at radius 3 is 1.81 bits per heavy atom. The summed E-state index contributed by atoms with van der Waals surface area (Å²) in [4.78, 5) is 9.68. The number of hydrogen-bond acceptors (Lipinski definition) is 4. The number of anilines is 4. The average molecular weight is 868 g/mol. The van der Waals surface area contributed by atoms with E-state index >= 15 is 0 Å². The van der Waals surface area contributed by atoms with E-state index in [9.17, 15) is 0 Å². The lowest BCUT2D eigenvalue weighted by Crippen LogP contribution is -2.54. The molecule has 4 heterocycles. The highest BCUT2D eigenvalue weighted by Crippen LogP contribution is 2.50. The van der Waals surface area contributed by atoms with Gasteiger partial charge in [-0.1, -0.05) is 182 Å². The number of para-hydroxylation sites is 4. The van der Waals surface area contributed by atoms with E-state index in [0.717, 1.165) is 50.6 Å². The summed E-state index contributed by atoms with van der Waals surface area (Å²) in [7, 11) is 0. The van der Waals surface area contributed by atoms with Crippen LogP contribution in [-0.2, 0) is 0 Å². The molecular formula is C60H40BN5O. The third-order valence-electron chi connectivity index (χ3n) is 12.4. The van der Waals surface area contributed by atoms with E-state index in [0.29, 0.717) is 28.2 Å². The topological polar surface area (TPSA) is 37.4 Å². The van der Waals surface area contributed by atoms with Gasteiger partial charge in [-0.25, -0.2) is 4.98 Å². The number of imidazole rings is 1. The maximum Gasteiger partial charge on any atom is 0.422 e. The van der Waals surface area contributed by atoms with Gasteiger partial charge in [0, 0.05) is 29.2 Å². The first kappa shape index (κ1) is 29.5. The number of fused-ring (bicyclic) bond motifs is 11. The fourth-order valence-electron chi connectivity index (χ4n) is 9.65. The van der Waals surface area contributed by atoms with Gasteiger partial charge in [-0.15, -0.1) is 0 Å². The molecule has 6 nitrogen and oxygen atoms in total. The highest BCUT2D eigenvalue weighted by molar-refractivity contribution is 6.85. The van der Waals surface area contributed by atoms with Crippen molar-refractivity contribution in [3.63, 3.8) is 0 Å². The largest absolute Gasteiger partial charge is 0.458 e. The van der Waals surface area contributed by atoms with E-state index in [1.807, 2.05) is 79.0 Å². The number of rotatable bonds is 7. The molecule has 0 fully saturated rings. The molecule has 0 aliphatic carbocycles. The first-order valence-electron chi connectivity index (χ1n) is 26.8. The fraction of sp³-hybridized carbons (Fsp3) is 0. The van der Waals surface area contributed by atoms with Crippen LogP contribution in [-0.4, -0.2) is 16.5 Å². The molecular weight excluding hydrogens is 818 g/mol. The van der Waals surface area contributed by atoms with Crippen LogP contribution in [0, 0.1) is 6.33 Å². The summed E-state index contributed by atoms with van der Waals surface area (Å²) < 4.78 is 97.6. The first-order chi connectivity index (χ1) is 37.4. The van der Waals surface area contributed by atoms with Crippen molar-refractivity contribution in [2.75, 3.05) is 9.62 Å². The van der Waals surface area contributed by atoms with Gasteiger partial charge in [0.15, 0.2) is 0 Å². The lowest BCUT2D eigenvalue weighted by atomic mass is 9.60. The molecule has 11 aromatic rings. The van der Waals surface area contributed by atoms with Crippen molar-refractivity contribution < 1.29 is 23.0 Å². The summed E-state index contributed by atoms with van der Waals surface area (Å²) in [5.74, 6) is 1.85. The molecule has 0 bridgehead atoms. The van der Waals surface area contributed by atoms with Crippen LogP contribution in [0.25, 0.3) is 66.9 Å². The molecule has 314 valence electrons. The zero-order chi connectivity index (χ0) is 53.0. The minimum atomic E-state index is -0.569. The predicted molar refractivity (Wildman–Crippen MR) is 272 cm³/mol. The molecule has 0 spiro atoms. The van der Waals surface area contributed by atoms with Crippen LogP contribution >= 0.6 is 0 Å². The van der Waals surface area contributed by atoms with E-state index in [-0.39, 0.29) is 34.9 Å². The van der Waals surface area contributed by atoms with Gasteiger partial charge < -0.3 is 14.4 Å². The van der Waals surface area contributed by atoms with Crippen LogP contribution in [0.2, 0.25) is 0 Å². The lowest BCUT2D eigenvalue weighted by molar-refractivity contribution is -0.571. The molecule has 0 unspecified atom stereocenters. The number of ether oxygens (including phenoxy) is 1. The predicted octanol–water partition coefficient (Wildman–Crippen LogP) is 13.6. The molecule has 0 atom stereocenters. The Hall–Kier alpha value is -8.94. The minimum Gasteiger partial charge on any atom is -0.458 e. The number of pyridine rings is 1. The second-order valence-electron chi connectivity index (χ2n) is 16.2. The van der Waals surface area contributed by atoms with Gasteiger partial charge in [0.05, 0.1) is 41.8 Å². The summed E-state index contributed by atoms with van der Waals surface area (Å²) in [6.45, 7) is -0.333. The van der Waals surface area contributed by atoms with Crippen LogP contribution in [0.5, 0.6) is 11.5 Å². The van der Waals surface area contributed by atoms with Gasteiger partial charge in [0.25, 0.3) is 6.33 Å². The van der Waals surface area contributed by atoms with Crippen LogP contribution in [0.3, 0.4) is 0 Å². The second-order valence-corrected chi connectivity index (χ2v) is 16.2. The molecule has 2 aliphatic heterocycles. The van der Waals surface area contributed by atoms with Crippen LogP contribution in [0.1, 0.15) is 13.7 Å². The molecule has 67 heavy (non-hydrogen) atoms. The molecule has 0 saturated carbocycles. The Labute approximate surface area is 403 Å². The van der Waals surface area contributed by atoms with Gasteiger partial charge in [-0.2, -0.15) is 0 Å². The second kappa shape index (κ2) is 15.9. The van der Waals surface area contributed by atoms with E-state index in [1.54, 1.807) is 27.3 Å². The third kappa shape index (κ3) is 6.43. The number of nitrogens with zero attached hydrogens (tertiary/aromatic N) is 5. The molecule has 0 radical (unpaired) electrons. The van der Waals surface area contributed by atoms with E-state index in [2.05, 4.69) is 101 Å². The smallest absolute Gasteiger partial charge is 0.422 e. The minimum absolute atomic E-state index is 0.134. The highest BCUT2D eigenvalue weighted by atomic mass is 16.5. The standard InChI is InChI=1S/C60H40BN5O/c1-3-19-42(20-4-1)48-31-17-32-49(43-21-5-2-6-22-43)59(48)64-41-63(56-35-13-14-36-57(56)64)44-23-15-25-46(39-44)67-47-26-16-24-45(40-47)65-60-58(37-18-38-62-60)66-55-34-12-10-30-53(55)51-28-8-7-27-50(51)52-29-9-11-33-54(52)61(65)66/h1-40H/i1D,2D,3D,4D,5D,6D,19D,20D,21D,22D. The Bertz CT molecular complexity index is 4140. The Balaban J connectivity index is 0.939. The highest BCUT2D eigenvalue weighted by Gasteiger charge is 2.47. The molecule has 2 aromatic heterocycles. The van der Waals surface area contributed by atoms with Crippen molar-refractivity contribution in [1.82, 2.24) is 9.55 Å². The normalized spacial score (nSPS) is 14.5. The number of aromatic nitrogens is 3. The van der Waals surface area contributed by atoms with Crippen molar-refractivity contribution in [1.29, 1.82) is 0 Å². The Morgan fingerprint density at radius 1 is 0.493 bits per heavy atom. The quantitative estimate of drug-likeness (QED) is 0.0909. The third-order valence-corrected chi connectivity index (χ3v) is 12.4. The van der Waals surface area contributed by atoms with Crippen molar-refractivity contribution in [3.05, 3.63) is 249 Å². The van der Waals surface area contributed by atoms with Gasteiger partial charge in [-0.05, 0) is 92.9 Å².